The van der Waals surface area contributed by atoms with E-state index in [0.717, 1.165) is 5.56 Å². The third-order valence-electron chi connectivity index (χ3n) is 3.66. The Labute approximate surface area is 138 Å². The maximum atomic E-state index is 12.4. The summed E-state index contributed by atoms with van der Waals surface area (Å²) >= 11 is 0. The van der Waals surface area contributed by atoms with E-state index >= 15 is 0 Å². The SMILES string of the molecule is Cc1ccc(S(=O)(=O)CCn2nc(C(=O)O)c3cccnc32)cc1. The molecule has 2 heterocycles. The molecule has 0 saturated heterocycles. The van der Waals surface area contributed by atoms with Crippen molar-refractivity contribution in [3.8, 4) is 0 Å². The van der Waals surface area contributed by atoms with Gasteiger partial charge in [0.05, 0.1) is 22.6 Å². The van der Waals surface area contributed by atoms with Gasteiger partial charge in [0.2, 0.25) is 0 Å². The highest BCUT2D eigenvalue weighted by molar-refractivity contribution is 7.91. The number of aromatic carboxylic acids is 1. The quantitative estimate of drug-likeness (QED) is 0.758. The number of carboxylic acid groups (broad SMARTS) is 1. The number of rotatable bonds is 5. The second kappa shape index (κ2) is 6.04. The highest BCUT2D eigenvalue weighted by Crippen LogP contribution is 2.18. The van der Waals surface area contributed by atoms with Crippen LogP contribution in [0.1, 0.15) is 16.1 Å². The Hall–Kier alpha value is -2.74. The number of hydrogen-bond acceptors (Lipinski definition) is 5. The average Bonchev–Trinajstić information content (AvgIpc) is 2.93. The summed E-state index contributed by atoms with van der Waals surface area (Å²) in [6.45, 7) is 1.91. The predicted octanol–water partition coefficient (Wildman–Crippen LogP) is 1.91. The first-order valence-electron chi connectivity index (χ1n) is 7.23. The number of benzene rings is 1. The standard InChI is InChI=1S/C16H15N3O4S/c1-11-4-6-12(7-5-11)24(22,23)10-9-19-15-13(3-2-8-17-15)14(18-19)16(20)21/h2-8H,9-10H2,1H3,(H,20,21). The predicted molar refractivity (Wildman–Crippen MR) is 87.7 cm³/mol. The van der Waals surface area contributed by atoms with Crippen molar-refractivity contribution in [2.75, 3.05) is 5.75 Å². The third kappa shape index (κ3) is 3.00. The van der Waals surface area contributed by atoms with E-state index in [1.54, 1.807) is 36.4 Å². The maximum Gasteiger partial charge on any atom is 0.357 e. The normalized spacial score (nSPS) is 11.7. The minimum Gasteiger partial charge on any atom is -0.476 e. The lowest BCUT2D eigenvalue weighted by Crippen LogP contribution is -2.15. The van der Waals surface area contributed by atoms with Crippen molar-refractivity contribution in [2.24, 2.45) is 0 Å². The van der Waals surface area contributed by atoms with Gasteiger partial charge in [-0.3, -0.25) is 0 Å². The van der Waals surface area contributed by atoms with Crippen LogP contribution in [0, 0.1) is 6.92 Å². The van der Waals surface area contributed by atoms with Crippen LogP contribution >= 0.6 is 0 Å². The molecule has 0 unspecified atom stereocenters. The summed E-state index contributed by atoms with van der Waals surface area (Å²) in [7, 11) is -3.49. The van der Waals surface area contributed by atoms with Crippen LogP contribution in [-0.4, -0.2) is 40.0 Å². The van der Waals surface area contributed by atoms with E-state index in [-0.39, 0.29) is 22.9 Å². The lowest BCUT2D eigenvalue weighted by atomic mass is 10.2. The van der Waals surface area contributed by atoms with Gasteiger partial charge in [0.15, 0.2) is 21.2 Å². The molecule has 0 amide bonds. The molecule has 3 rings (SSSR count). The maximum absolute atomic E-state index is 12.4. The second-order valence-electron chi connectivity index (χ2n) is 5.38. The number of fused-ring (bicyclic) bond motifs is 1. The first-order valence-corrected chi connectivity index (χ1v) is 8.88. The Morgan fingerprint density at radius 3 is 2.58 bits per heavy atom. The van der Waals surface area contributed by atoms with Crippen molar-refractivity contribution >= 4 is 26.8 Å². The number of carboxylic acids is 1. The van der Waals surface area contributed by atoms with Crippen LogP contribution in [0.5, 0.6) is 0 Å². The van der Waals surface area contributed by atoms with Crippen LogP contribution in [-0.2, 0) is 16.4 Å². The monoisotopic (exact) mass is 345 g/mol. The molecular weight excluding hydrogens is 330 g/mol. The van der Waals surface area contributed by atoms with E-state index in [2.05, 4.69) is 10.1 Å². The molecular formula is C16H15N3O4S. The van der Waals surface area contributed by atoms with E-state index in [1.807, 2.05) is 6.92 Å². The molecule has 1 N–H and O–H groups in total. The molecule has 0 saturated carbocycles. The number of carbonyl (C=O) groups is 1. The van der Waals surface area contributed by atoms with E-state index in [1.165, 1.54) is 10.9 Å². The van der Waals surface area contributed by atoms with Crippen LogP contribution in [0.25, 0.3) is 11.0 Å². The Balaban J connectivity index is 1.91. The highest BCUT2D eigenvalue weighted by Gasteiger charge is 2.19. The van der Waals surface area contributed by atoms with Gasteiger partial charge in [0.1, 0.15) is 0 Å². The zero-order valence-corrected chi connectivity index (χ0v) is 13.7. The van der Waals surface area contributed by atoms with E-state index in [4.69, 9.17) is 0 Å². The van der Waals surface area contributed by atoms with Crippen LogP contribution in [0.4, 0.5) is 0 Å². The molecule has 0 atom stereocenters. The highest BCUT2D eigenvalue weighted by atomic mass is 32.2. The van der Waals surface area contributed by atoms with E-state index < -0.39 is 15.8 Å². The smallest absolute Gasteiger partial charge is 0.357 e. The molecule has 0 fully saturated rings. The van der Waals surface area contributed by atoms with Gasteiger partial charge < -0.3 is 5.11 Å². The van der Waals surface area contributed by atoms with Gasteiger partial charge in [0, 0.05) is 6.20 Å². The Bertz CT molecular complexity index is 1010. The van der Waals surface area contributed by atoms with Crippen LogP contribution < -0.4 is 0 Å². The summed E-state index contributed by atoms with van der Waals surface area (Å²) in [5, 5.41) is 13.6. The average molecular weight is 345 g/mol. The summed E-state index contributed by atoms with van der Waals surface area (Å²) in [6.07, 6.45) is 1.51. The minimum absolute atomic E-state index is 0.0248. The molecule has 7 nitrogen and oxygen atoms in total. The topological polar surface area (TPSA) is 102 Å². The van der Waals surface area contributed by atoms with Crippen molar-refractivity contribution in [1.82, 2.24) is 14.8 Å². The largest absolute Gasteiger partial charge is 0.476 e. The van der Waals surface area contributed by atoms with Gasteiger partial charge in [-0.25, -0.2) is 22.9 Å². The summed E-state index contributed by atoms with van der Waals surface area (Å²) in [6, 6.07) is 9.81. The lowest BCUT2D eigenvalue weighted by Gasteiger charge is -2.06. The first-order chi connectivity index (χ1) is 11.4. The van der Waals surface area contributed by atoms with Crippen molar-refractivity contribution < 1.29 is 18.3 Å². The minimum atomic E-state index is -3.49. The molecule has 3 aromatic rings. The van der Waals surface area contributed by atoms with Crippen molar-refractivity contribution in [2.45, 2.75) is 18.4 Å². The van der Waals surface area contributed by atoms with E-state index in [0.29, 0.717) is 11.0 Å². The van der Waals surface area contributed by atoms with Gasteiger partial charge in [-0.1, -0.05) is 17.7 Å². The van der Waals surface area contributed by atoms with Crippen molar-refractivity contribution in [3.05, 3.63) is 53.9 Å². The Morgan fingerprint density at radius 2 is 1.92 bits per heavy atom. The van der Waals surface area contributed by atoms with Crippen molar-refractivity contribution in [1.29, 1.82) is 0 Å². The number of hydrogen-bond donors (Lipinski definition) is 1. The summed E-state index contributed by atoms with van der Waals surface area (Å²) < 4.78 is 26.2. The number of nitrogens with zero attached hydrogens (tertiary/aromatic N) is 3. The molecule has 2 aromatic heterocycles. The molecule has 0 aliphatic heterocycles. The third-order valence-corrected chi connectivity index (χ3v) is 5.37. The molecule has 0 aliphatic carbocycles. The first kappa shape index (κ1) is 16.1. The van der Waals surface area contributed by atoms with Crippen LogP contribution in [0.2, 0.25) is 0 Å². The lowest BCUT2D eigenvalue weighted by molar-refractivity contribution is 0.0691. The molecule has 124 valence electrons. The van der Waals surface area contributed by atoms with Crippen LogP contribution in [0.15, 0.2) is 47.5 Å². The fraction of sp³-hybridized carbons (Fsp3) is 0.188. The van der Waals surface area contributed by atoms with Crippen molar-refractivity contribution in [3.63, 3.8) is 0 Å². The molecule has 24 heavy (non-hydrogen) atoms. The van der Waals surface area contributed by atoms with Gasteiger partial charge in [-0.2, -0.15) is 5.10 Å². The van der Waals surface area contributed by atoms with Gasteiger partial charge >= 0.3 is 5.97 Å². The zero-order valence-electron chi connectivity index (χ0n) is 12.9. The molecule has 0 spiro atoms. The fourth-order valence-electron chi connectivity index (χ4n) is 2.39. The van der Waals surface area contributed by atoms with Crippen LogP contribution in [0.3, 0.4) is 0 Å². The number of pyridine rings is 1. The molecule has 0 bridgehead atoms. The summed E-state index contributed by atoms with van der Waals surface area (Å²) in [5.41, 5.74) is 1.20. The molecule has 8 heteroatoms. The molecule has 0 aliphatic rings. The van der Waals surface area contributed by atoms with E-state index in [9.17, 15) is 18.3 Å². The molecule has 0 radical (unpaired) electrons. The summed E-state index contributed by atoms with van der Waals surface area (Å²) in [5.74, 6) is -1.37. The number of aromatic nitrogens is 3. The van der Waals surface area contributed by atoms with Gasteiger partial charge in [0.25, 0.3) is 0 Å². The summed E-state index contributed by atoms with van der Waals surface area (Å²) in [4.78, 5) is 15.6. The zero-order chi connectivity index (χ0) is 17.3. The second-order valence-corrected chi connectivity index (χ2v) is 7.49. The van der Waals surface area contributed by atoms with Gasteiger partial charge in [-0.05, 0) is 31.2 Å². The Kier molecular flexibility index (Phi) is 4.06. The Morgan fingerprint density at radius 1 is 1.21 bits per heavy atom. The number of sulfone groups is 1. The fourth-order valence-corrected chi connectivity index (χ4v) is 3.59. The van der Waals surface area contributed by atoms with Gasteiger partial charge in [-0.15, -0.1) is 0 Å². The number of aryl methyl sites for hydroxylation is 2. The molecule has 1 aromatic carbocycles.